The SMILES string of the molecule is COc1cc(C)c(C)cc1C(O)CNO. The van der Waals surface area contributed by atoms with E-state index in [-0.39, 0.29) is 6.54 Å². The van der Waals surface area contributed by atoms with Gasteiger partial charge in [0.15, 0.2) is 0 Å². The highest BCUT2D eigenvalue weighted by Crippen LogP contribution is 2.28. The molecule has 0 bridgehead atoms. The topological polar surface area (TPSA) is 61.7 Å². The van der Waals surface area contributed by atoms with Crippen LogP contribution in [0.15, 0.2) is 12.1 Å². The van der Waals surface area contributed by atoms with Gasteiger partial charge in [-0.2, -0.15) is 0 Å². The minimum atomic E-state index is -0.774. The van der Waals surface area contributed by atoms with E-state index in [0.29, 0.717) is 11.3 Å². The minimum Gasteiger partial charge on any atom is -0.496 e. The molecule has 1 aromatic rings. The number of methoxy groups -OCH3 is 1. The first-order valence-corrected chi connectivity index (χ1v) is 4.80. The van der Waals surface area contributed by atoms with Crippen molar-refractivity contribution in [3.05, 3.63) is 28.8 Å². The molecule has 0 saturated heterocycles. The van der Waals surface area contributed by atoms with Gasteiger partial charge in [0, 0.05) is 5.56 Å². The number of hydrogen-bond donors (Lipinski definition) is 3. The van der Waals surface area contributed by atoms with Gasteiger partial charge in [-0.15, -0.1) is 0 Å². The van der Waals surface area contributed by atoms with Crippen LogP contribution < -0.4 is 10.2 Å². The molecule has 0 amide bonds. The van der Waals surface area contributed by atoms with Crippen LogP contribution in [0.5, 0.6) is 5.75 Å². The third-order valence-corrected chi connectivity index (χ3v) is 2.49. The molecule has 0 aliphatic rings. The molecule has 3 N–H and O–H groups in total. The molecule has 0 spiro atoms. The Morgan fingerprint density at radius 3 is 2.47 bits per heavy atom. The average Bonchev–Trinajstić information content (AvgIpc) is 2.21. The maximum Gasteiger partial charge on any atom is 0.124 e. The van der Waals surface area contributed by atoms with Crippen molar-refractivity contribution < 1.29 is 15.1 Å². The predicted molar refractivity (Wildman–Crippen MR) is 57.2 cm³/mol. The van der Waals surface area contributed by atoms with Crippen molar-refractivity contribution in [1.29, 1.82) is 0 Å². The number of aliphatic hydroxyl groups is 1. The van der Waals surface area contributed by atoms with Gasteiger partial charge in [0.2, 0.25) is 0 Å². The van der Waals surface area contributed by atoms with Crippen molar-refractivity contribution in [2.45, 2.75) is 20.0 Å². The van der Waals surface area contributed by atoms with Gasteiger partial charge in [0.05, 0.1) is 19.8 Å². The van der Waals surface area contributed by atoms with Crippen LogP contribution in [0.3, 0.4) is 0 Å². The van der Waals surface area contributed by atoms with Gasteiger partial charge < -0.3 is 15.1 Å². The zero-order valence-corrected chi connectivity index (χ0v) is 9.24. The van der Waals surface area contributed by atoms with Crippen LogP contribution in [0.25, 0.3) is 0 Å². The molecule has 1 rings (SSSR count). The summed E-state index contributed by atoms with van der Waals surface area (Å²) >= 11 is 0. The van der Waals surface area contributed by atoms with Gasteiger partial charge in [-0.3, -0.25) is 0 Å². The van der Waals surface area contributed by atoms with E-state index in [2.05, 4.69) is 0 Å². The van der Waals surface area contributed by atoms with Crippen LogP contribution in [0.1, 0.15) is 22.8 Å². The smallest absolute Gasteiger partial charge is 0.124 e. The normalized spacial score (nSPS) is 12.6. The minimum absolute atomic E-state index is 0.0822. The maximum atomic E-state index is 9.75. The van der Waals surface area contributed by atoms with Crippen molar-refractivity contribution in [1.82, 2.24) is 5.48 Å². The Labute approximate surface area is 89.5 Å². The van der Waals surface area contributed by atoms with Crippen molar-refractivity contribution >= 4 is 0 Å². The Kier molecular flexibility index (Phi) is 4.08. The summed E-state index contributed by atoms with van der Waals surface area (Å²) in [5.74, 6) is 0.640. The van der Waals surface area contributed by atoms with E-state index >= 15 is 0 Å². The van der Waals surface area contributed by atoms with Crippen LogP contribution in [0, 0.1) is 13.8 Å². The number of nitrogens with one attached hydrogen (secondary N) is 1. The van der Waals surface area contributed by atoms with Crippen molar-refractivity contribution in [3.63, 3.8) is 0 Å². The number of ether oxygens (including phenoxy) is 1. The quantitative estimate of drug-likeness (QED) is 0.657. The van der Waals surface area contributed by atoms with Gasteiger partial charge in [-0.1, -0.05) is 0 Å². The standard InChI is InChI=1S/C11H17NO3/c1-7-4-9(10(13)6-12-14)11(15-3)5-8(7)2/h4-5,10,12-14H,6H2,1-3H3. The lowest BCUT2D eigenvalue weighted by atomic mass is 10.0. The highest BCUT2D eigenvalue weighted by atomic mass is 16.5. The summed E-state index contributed by atoms with van der Waals surface area (Å²) in [6, 6.07) is 3.75. The molecular formula is C11H17NO3. The average molecular weight is 211 g/mol. The van der Waals surface area contributed by atoms with E-state index < -0.39 is 6.10 Å². The summed E-state index contributed by atoms with van der Waals surface area (Å²) in [6.45, 7) is 4.04. The second kappa shape index (κ2) is 5.11. The van der Waals surface area contributed by atoms with Gasteiger partial charge >= 0.3 is 0 Å². The third kappa shape index (κ3) is 2.68. The van der Waals surface area contributed by atoms with Gasteiger partial charge in [-0.25, -0.2) is 5.48 Å². The molecule has 0 aliphatic heterocycles. The Hall–Kier alpha value is -1.10. The molecule has 4 nitrogen and oxygen atoms in total. The van der Waals surface area contributed by atoms with Crippen molar-refractivity contribution in [3.8, 4) is 5.75 Å². The van der Waals surface area contributed by atoms with Gasteiger partial charge in [0.25, 0.3) is 0 Å². The summed E-state index contributed by atoms with van der Waals surface area (Å²) in [7, 11) is 1.56. The predicted octanol–water partition coefficient (Wildman–Crippen LogP) is 1.32. The van der Waals surface area contributed by atoms with E-state index in [1.165, 1.54) is 0 Å². The highest BCUT2D eigenvalue weighted by Gasteiger charge is 2.14. The number of rotatable bonds is 4. The first-order valence-electron chi connectivity index (χ1n) is 4.80. The summed E-state index contributed by atoms with van der Waals surface area (Å²) in [4.78, 5) is 0. The molecule has 0 saturated carbocycles. The Morgan fingerprint density at radius 2 is 1.93 bits per heavy atom. The van der Waals surface area contributed by atoms with Crippen LogP contribution in [-0.2, 0) is 0 Å². The lowest BCUT2D eigenvalue weighted by Crippen LogP contribution is -2.18. The number of benzene rings is 1. The number of aliphatic hydroxyl groups excluding tert-OH is 1. The fourth-order valence-electron chi connectivity index (χ4n) is 1.45. The zero-order chi connectivity index (χ0) is 11.4. The van der Waals surface area contributed by atoms with Crippen LogP contribution >= 0.6 is 0 Å². The summed E-state index contributed by atoms with van der Waals surface area (Å²) in [6.07, 6.45) is -0.774. The van der Waals surface area contributed by atoms with Gasteiger partial charge in [-0.05, 0) is 37.1 Å². The Bertz CT molecular complexity index is 339. The maximum absolute atomic E-state index is 9.75. The fourth-order valence-corrected chi connectivity index (χ4v) is 1.45. The van der Waals surface area contributed by atoms with Crippen LogP contribution in [-0.4, -0.2) is 24.0 Å². The van der Waals surface area contributed by atoms with Crippen molar-refractivity contribution in [2.75, 3.05) is 13.7 Å². The second-order valence-corrected chi connectivity index (χ2v) is 3.56. The molecule has 0 fully saturated rings. The molecule has 84 valence electrons. The fraction of sp³-hybridized carbons (Fsp3) is 0.455. The van der Waals surface area contributed by atoms with Crippen LogP contribution in [0.2, 0.25) is 0 Å². The van der Waals surface area contributed by atoms with E-state index in [1.807, 2.05) is 31.5 Å². The van der Waals surface area contributed by atoms with E-state index in [1.54, 1.807) is 7.11 Å². The largest absolute Gasteiger partial charge is 0.496 e. The molecule has 0 heterocycles. The van der Waals surface area contributed by atoms with E-state index in [0.717, 1.165) is 11.1 Å². The van der Waals surface area contributed by atoms with E-state index in [4.69, 9.17) is 9.94 Å². The summed E-state index contributed by atoms with van der Waals surface area (Å²) in [5, 5.41) is 18.3. The molecule has 0 aromatic heterocycles. The Balaban J connectivity index is 3.09. The summed E-state index contributed by atoms with van der Waals surface area (Å²) < 4.78 is 5.18. The lowest BCUT2D eigenvalue weighted by Gasteiger charge is -2.16. The number of aryl methyl sites for hydroxylation is 2. The van der Waals surface area contributed by atoms with Crippen LogP contribution in [0.4, 0.5) is 0 Å². The molecule has 1 unspecified atom stereocenters. The first-order chi connectivity index (χ1) is 7.10. The third-order valence-electron chi connectivity index (χ3n) is 2.49. The zero-order valence-electron chi connectivity index (χ0n) is 9.24. The summed E-state index contributed by atoms with van der Waals surface area (Å²) in [5.41, 5.74) is 4.83. The molecule has 15 heavy (non-hydrogen) atoms. The van der Waals surface area contributed by atoms with E-state index in [9.17, 15) is 5.11 Å². The second-order valence-electron chi connectivity index (χ2n) is 3.56. The molecule has 0 aliphatic carbocycles. The molecular weight excluding hydrogens is 194 g/mol. The highest BCUT2D eigenvalue weighted by molar-refractivity contribution is 5.43. The molecule has 1 aromatic carbocycles. The lowest BCUT2D eigenvalue weighted by molar-refractivity contribution is 0.0906. The molecule has 4 heteroatoms. The van der Waals surface area contributed by atoms with Crippen molar-refractivity contribution in [2.24, 2.45) is 0 Å². The number of hydrogen-bond acceptors (Lipinski definition) is 4. The monoisotopic (exact) mass is 211 g/mol. The first kappa shape index (κ1) is 12.0. The van der Waals surface area contributed by atoms with Gasteiger partial charge in [0.1, 0.15) is 5.75 Å². The number of hydroxylamine groups is 1. The molecule has 1 atom stereocenters. The molecule has 0 radical (unpaired) electrons. The Morgan fingerprint density at radius 1 is 1.33 bits per heavy atom.